The maximum atomic E-state index is 11.0. The number of halogens is 1. The summed E-state index contributed by atoms with van der Waals surface area (Å²) in [6, 6.07) is 4.24. The topological polar surface area (TPSA) is 52.6 Å². The number of benzene rings is 1. The lowest BCUT2D eigenvalue weighted by Crippen LogP contribution is -1.99. The molecule has 1 heterocycles. The Bertz CT molecular complexity index is 492. The van der Waals surface area contributed by atoms with E-state index in [0.717, 1.165) is 0 Å². The van der Waals surface area contributed by atoms with Gasteiger partial charge in [0.15, 0.2) is 5.75 Å². The van der Waals surface area contributed by atoms with Gasteiger partial charge in [0.1, 0.15) is 6.26 Å². The molecule has 0 bridgehead atoms. The van der Waals surface area contributed by atoms with E-state index in [-0.39, 0.29) is 4.90 Å². The van der Waals surface area contributed by atoms with Crippen molar-refractivity contribution in [1.82, 2.24) is 0 Å². The largest absolute Gasteiger partial charge is 0.298 e. The van der Waals surface area contributed by atoms with E-state index in [1.165, 1.54) is 24.5 Å². The van der Waals surface area contributed by atoms with Gasteiger partial charge in [-0.2, -0.15) is 0 Å². The second-order valence-electron chi connectivity index (χ2n) is 2.62. The molecule has 14 heavy (non-hydrogen) atoms. The summed E-state index contributed by atoms with van der Waals surface area (Å²) in [7, 11) is 1.48. The number of hydrogen-bond donors (Lipinski definition) is 0. The molecule has 6 heteroatoms. The maximum absolute atomic E-state index is 11.0. The molecule has 1 aromatic carbocycles. The van der Waals surface area contributed by atoms with Gasteiger partial charge in [-0.3, -0.25) is 9.78 Å². The average molecular weight is 233 g/mol. The third-order valence-electron chi connectivity index (χ3n) is 1.70. The summed E-state index contributed by atoms with van der Waals surface area (Å²) in [6.07, 6.45) is 2.90. The molecule has 0 unspecified atom stereocenters. The molecule has 0 atom stereocenters. The van der Waals surface area contributed by atoms with Crippen LogP contribution in [0.4, 0.5) is 0 Å². The van der Waals surface area contributed by atoms with E-state index >= 15 is 0 Å². The molecule has 1 aliphatic rings. The van der Waals surface area contributed by atoms with E-state index in [0.29, 0.717) is 11.3 Å². The van der Waals surface area contributed by atoms with Gasteiger partial charge in [0.2, 0.25) is 0 Å². The van der Waals surface area contributed by atoms with Crippen molar-refractivity contribution in [3.63, 3.8) is 0 Å². The van der Waals surface area contributed by atoms with Gasteiger partial charge in [0, 0.05) is 16.2 Å². The third-order valence-corrected chi connectivity index (χ3v) is 3.06. The first-order chi connectivity index (χ1) is 6.57. The van der Waals surface area contributed by atoms with Gasteiger partial charge in [0.05, 0.1) is 4.90 Å². The number of rotatable bonds is 1. The van der Waals surface area contributed by atoms with Crippen LogP contribution in [0.25, 0.3) is 6.08 Å². The molecule has 1 aromatic rings. The Balaban J connectivity index is 2.56. The Morgan fingerprint density at radius 3 is 2.79 bits per heavy atom. The summed E-state index contributed by atoms with van der Waals surface area (Å²) in [5.41, 5.74) is 0.609. The van der Waals surface area contributed by atoms with Crippen LogP contribution in [0.5, 0.6) is 5.75 Å². The normalized spacial score (nSPS) is 14.1. The molecule has 0 amide bonds. The molecule has 0 aromatic heterocycles. The van der Waals surface area contributed by atoms with Crippen molar-refractivity contribution in [2.45, 2.75) is 4.90 Å². The summed E-state index contributed by atoms with van der Waals surface area (Å²) in [4.78, 5) is 9.36. The predicted molar refractivity (Wildman–Crippen MR) is 50.2 cm³/mol. The van der Waals surface area contributed by atoms with Gasteiger partial charge < -0.3 is 0 Å². The Hall–Kier alpha value is -1.20. The van der Waals surface area contributed by atoms with Crippen LogP contribution >= 0.6 is 10.7 Å². The van der Waals surface area contributed by atoms with Crippen molar-refractivity contribution in [1.29, 1.82) is 0 Å². The van der Waals surface area contributed by atoms with E-state index in [1.54, 1.807) is 6.08 Å². The van der Waals surface area contributed by atoms with Crippen LogP contribution in [-0.2, 0) is 13.9 Å². The minimum absolute atomic E-state index is 0.0352. The Morgan fingerprint density at radius 2 is 2.07 bits per heavy atom. The monoisotopic (exact) mass is 232 g/mol. The maximum Gasteiger partial charge on any atom is 0.261 e. The standard InChI is InChI=1S/C8H5ClO4S/c9-14(10,11)7-1-2-8-6(5-7)3-4-12-13-8/h1-5H. The van der Waals surface area contributed by atoms with Crippen molar-refractivity contribution in [3.8, 4) is 5.75 Å². The second kappa shape index (κ2) is 3.18. The predicted octanol–water partition coefficient (Wildman–Crippen LogP) is 1.91. The van der Waals surface area contributed by atoms with Gasteiger partial charge in [-0.05, 0) is 24.3 Å². The zero-order chi connectivity index (χ0) is 10.2. The Morgan fingerprint density at radius 1 is 1.29 bits per heavy atom. The molecule has 0 fully saturated rings. The fraction of sp³-hybridized carbons (Fsp3) is 0. The first kappa shape index (κ1) is 9.36. The van der Waals surface area contributed by atoms with Crippen molar-refractivity contribution < 1.29 is 18.2 Å². The molecule has 74 valence electrons. The molecule has 0 N–H and O–H groups in total. The van der Waals surface area contributed by atoms with Gasteiger partial charge in [0.25, 0.3) is 9.05 Å². The van der Waals surface area contributed by atoms with Crippen LogP contribution in [-0.4, -0.2) is 8.42 Å². The van der Waals surface area contributed by atoms with Crippen molar-refractivity contribution in [3.05, 3.63) is 30.0 Å². The summed E-state index contributed by atoms with van der Waals surface area (Å²) >= 11 is 0. The van der Waals surface area contributed by atoms with Crippen LogP contribution in [0.1, 0.15) is 5.56 Å². The Kier molecular flexibility index (Phi) is 2.13. The molecule has 0 saturated heterocycles. The lowest BCUT2D eigenvalue weighted by Gasteiger charge is -2.10. The highest BCUT2D eigenvalue weighted by Crippen LogP contribution is 2.27. The van der Waals surface area contributed by atoms with E-state index < -0.39 is 9.05 Å². The summed E-state index contributed by atoms with van der Waals surface area (Å²) < 4.78 is 22.0. The van der Waals surface area contributed by atoms with E-state index in [1.807, 2.05) is 0 Å². The Labute approximate surface area is 85.1 Å². The fourth-order valence-electron chi connectivity index (χ4n) is 1.07. The van der Waals surface area contributed by atoms with Gasteiger partial charge in [-0.15, -0.1) is 0 Å². The average Bonchev–Trinajstić information content (AvgIpc) is 2.16. The zero-order valence-corrected chi connectivity index (χ0v) is 8.38. The highest BCUT2D eigenvalue weighted by molar-refractivity contribution is 8.13. The first-order valence-electron chi connectivity index (χ1n) is 3.66. The van der Waals surface area contributed by atoms with Crippen molar-refractivity contribution in [2.75, 3.05) is 0 Å². The number of hydrogen-bond acceptors (Lipinski definition) is 4. The smallest absolute Gasteiger partial charge is 0.261 e. The van der Waals surface area contributed by atoms with E-state index in [9.17, 15) is 8.42 Å². The minimum Gasteiger partial charge on any atom is -0.298 e. The van der Waals surface area contributed by atoms with Gasteiger partial charge in [-0.1, -0.05) is 0 Å². The molecule has 1 aliphatic heterocycles. The fourth-order valence-corrected chi connectivity index (χ4v) is 1.85. The summed E-state index contributed by atoms with van der Waals surface area (Å²) in [5, 5.41) is 0. The first-order valence-corrected chi connectivity index (χ1v) is 5.97. The van der Waals surface area contributed by atoms with Crippen LogP contribution < -0.4 is 4.89 Å². The van der Waals surface area contributed by atoms with Crippen molar-refractivity contribution in [2.24, 2.45) is 0 Å². The van der Waals surface area contributed by atoms with Crippen LogP contribution in [0, 0.1) is 0 Å². The van der Waals surface area contributed by atoms with Crippen LogP contribution in [0.2, 0.25) is 0 Å². The van der Waals surface area contributed by atoms with E-state index in [2.05, 4.69) is 4.89 Å². The molecule has 0 saturated carbocycles. The molecule has 4 nitrogen and oxygen atoms in total. The SMILES string of the molecule is O=S(=O)(Cl)c1ccc2c(c1)C=COO2. The van der Waals surface area contributed by atoms with Gasteiger partial charge in [-0.25, -0.2) is 8.42 Å². The quantitative estimate of drug-likeness (QED) is 0.548. The van der Waals surface area contributed by atoms with Crippen molar-refractivity contribution >= 4 is 25.8 Å². The second-order valence-corrected chi connectivity index (χ2v) is 5.19. The highest BCUT2D eigenvalue weighted by Gasteiger charge is 2.14. The lowest BCUT2D eigenvalue weighted by atomic mass is 10.2. The molecular weight excluding hydrogens is 228 g/mol. The third kappa shape index (κ3) is 1.69. The highest BCUT2D eigenvalue weighted by atomic mass is 35.7. The summed E-state index contributed by atoms with van der Waals surface area (Å²) in [6.45, 7) is 0. The molecular formula is C8H5ClO4S. The van der Waals surface area contributed by atoms with Crippen LogP contribution in [0.15, 0.2) is 29.4 Å². The lowest BCUT2D eigenvalue weighted by molar-refractivity contribution is -0.151. The molecule has 0 aliphatic carbocycles. The minimum atomic E-state index is -3.69. The van der Waals surface area contributed by atoms with Gasteiger partial charge >= 0.3 is 0 Å². The zero-order valence-electron chi connectivity index (χ0n) is 6.81. The molecule has 0 spiro atoms. The molecule has 2 rings (SSSR count). The number of fused-ring (bicyclic) bond motifs is 1. The molecule has 0 radical (unpaired) electrons. The van der Waals surface area contributed by atoms with Crippen LogP contribution in [0.3, 0.4) is 0 Å². The van der Waals surface area contributed by atoms with E-state index in [4.69, 9.17) is 15.6 Å². The summed E-state index contributed by atoms with van der Waals surface area (Å²) in [5.74, 6) is 0.455.